The highest BCUT2D eigenvalue weighted by atomic mass is 35.5. The Morgan fingerprint density at radius 2 is 2.17 bits per heavy atom. The van der Waals surface area contributed by atoms with E-state index in [0.717, 1.165) is 30.8 Å². The zero-order valence-corrected chi connectivity index (χ0v) is 20.1. The fourth-order valence-electron chi connectivity index (χ4n) is 4.07. The van der Waals surface area contributed by atoms with E-state index in [1.807, 2.05) is 0 Å². The minimum Gasteiger partial charge on any atom is -0.490 e. The average Bonchev–Trinajstić information content (AvgIpc) is 2.82. The number of benzene rings is 2. The van der Waals surface area contributed by atoms with Crippen LogP contribution in [0.15, 0.2) is 54.7 Å². The fraction of sp³-hybridized carbons (Fsp3) is 0.320. The summed E-state index contributed by atoms with van der Waals surface area (Å²) < 4.78 is 20.4. The van der Waals surface area contributed by atoms with Gasteiger partial charge in [0.25, 0.3) is 0 Å². The number of ether oxygens (including phenoxy) is 1. The number of amides is 1. The molecule has 10 heteroatoms. The molecule has 1 fully saturated rings. The van der Waals surface area contributed by atoms with Crippen molar-refractivity contribution < 1.29 is 19.0 Å². The van der Waals surface area contributed by atoms with Crippen LogP contribution in [-0.2, 0) is 6.54 Å². The molecular formula is C25H27ClFN5O3. The number of nitrogens with zero attached hydrogens (tertiary/aromatic N) is 4. The monoisotopic (exact) mass is 499 g/mol. The highest BCUT2D eigenvalue weighted by molar-refractivity contribution is 6.30. The van der Waals surface area contributed by atoms with Crippen molar-refractivity contribution in [1.29, 1.82) is 0 Å². The number of anilines is 3. The molecule has 35 heavy (non-hydrogen) atoms. The van der Waals surface area contributed by atoms with Crippen LogP contribution in [0.5, 0.6) is 5.75 Å². The first kappa shape index (κ1) is 24.7. The number of rotatable bonds is 8. The Labute approximate surface area is 208 Å². The first-order valence-corrected chi connectivity index (χ1v) is 11.7. The van der Waals surface area contributed by atoms with Crippen molar-refractivity contribution in [3.05, 3.63) is 71.1 Å². The summed E-state index contributed by atoms with van der Waals surface area (Å²) in [5.74, 6) is 0.387. The lowest BCUT2D eigenvalue weighted by Gasteiger charge is -2.29. The Hall–Kier alpha value is -3.43. The second-order valence-corrected chi connectivity index (χ2v) is 9.03. The smallest absolute Gasteiger partial charge is 0.413 e. The SMILES string of the molecule is CN1CCCC(COc2ccc(Nc3nccc(N(Cc4cccc(Cl)c4)C(=O)O)n3)cc2F)C1. The summed E-state index contributed by atoms with van der Waals surface area (Å²) >= 11 is 6.02. The van der Waals surface area contributed by atoms with E-state index in [0.29, 0.717) is 28.8 Å². The quantitative estimate of drug-likeness (QED) is 0.427. The van der Waals surface area contributed by atoms with Gasteiger partial charge in [0, 0.05) is 35.4 Å². The minimum absolute atomic E-state index is 0.0593. The molecule has 2 aromatic carbocycles. The maximum atomic E-state index is 14.7. The summed E-state index contributed by atoms with van der Waals surface area (Å²) in [5, 5.41) is 13.1. The molecule has 1 saturated heterocycles. The topological polar surface area (TPSA) is 90.8 Å². The van der Waals surface area contributed by atoms with Crippen molar-refractivity contribution in [2.24, 2.45) is 5.92 Å². The maximum Gasteiger partial charge on any atom is 0.413 e. The minimum atomic E-state index is -1.17. The normalized spacial score (nSPS) is 16.0. The number of likely N-dealkylation sites (tertiary alicyclic amines) is 1. The second kappa shape index (κ2) is 11.3. The lowest BCUT2D eigenvalue weighted by atomic mass is 10.00. The molecule has 1 amide bonds. The molecule has 1 unspecified atom stereocenters. The molecule has 1 atom stereocenters. The number of carboxylic acid groups (broad SMARTS) is 1. The summed E-state index contributed by atoms with van der Waals surface area (Å²) in [7, 11) is 2.08. The summed E-state index contributed by atoms with van der Waals surface area (Å²) in [5.41, 5.74) is 1.13. The van der Waals surface area contributed by atoms with E-state index in [-0.39, 0.29) is 24.1 Å². The van der Waals surface area contributed by atoms with Crippen LogP contribution in [0.4, 0.5) is 26.6 Å². The Morgan fingerprint density at radius 1 is 1.31 bits per heavy atom. The van der Waals surface area contributed by atoms with E-state index in [1.165, 1.54) is 18.3 Å². The number of carbonyl (C=O) groups is 1. The van der Waals surface area contributed by atoms with Gasteiger partial charge < -0.3 is 20.1 Å². The van der Waals surface area contributed by atoms with E-state index in [9.17, 15) is 14.3 Å². The van der Waals surface area contributed by atoms with Crippen molar-refractivity contribution in [1.82, 2.24) is 14.9 Å². The van der Waals surface area contributed by atoms with Crippen molar-refractivity contribution in [3.63, 3.8) is 0 Å². The predicted octanol–water partition coefficient (Wildman–Crippen LogP) is 5.42. The molecule has 4 rings (SSSR count). The molecule has 0 saturated carbocycles. The second-order valence-electron chi connectivity index (χ2n) is 8.59. The van der Waals surface area contributed by atoms with Crippen LogP contribution in [0.2, 0.25) is 5.02 Å². The fourth-order valence-corrected chi connectivity index (χ4v) is 4.28. The van der Waals surface area contributed by atoms with Gasteiger partial charge >= 0.3 is 6.09 Å². The maximum absolute atomic E-state index is 14.7. The molecule has 8 nitrogen and oxygen atoms in total. The Morgan fingerprint density at radius 3 is 2.91 bits per heavy atom. The molecule has 0 radical (unpaired) electrons. The molecule has 0 bridgehead atoms. The number of piperidine rings is 1. The van der Waals surface area contributed by atoms with Crippen LogP contribution in [0.1, 0.15) is 18.4 Å². The van der Waals surface area contributed by atoms with Gasteiger partial charge in [-0.05, 0) is 62.3 Å². The van der Waals surface area contributed by atoms with Gasteiger partial charge in [-0.1, -0.05) is 23.7 Å². The Balaban J connectivity index is 1.42. The molecule has 0 spiro atoms. The first-order chi connectivity index (χ1) is 16.9. The summed E-state index contributed by atoms with van der Waals surface area (Å²) in [6.07, 6.45) is 2.46. The van der Waals surface area contributed by atoms with Crippen molar-refractivity contribution in [3.8, 4) is 5.75 Å². The van der Waals surface area contributed by atoms with Crippen LogP contribution in [0.25, 0.3) is 0 Å². The summed E-state index contributed by atoms with van der Waals surface area (Å²) in [4.78, 5) is 23.7. The Kier molecular flexibility index (Phi) is 7.99. The van der Waals surface area contributed by atoms with E-state index in [4.69, 9.17) is 16.3 Å². The lowest BCUT2D eigenvalue weighted by molar-refractivity contribution is 0.147. The predicted molar refractivity (Wildman–Crippen MR) is 133 cm³/mol. The van der Waals surface area contributed by atoms with Gasteiger partial charge in [-0.3, -0.25) is 4.90 Å². The average molecular weight is 500 g/mol. The van der Waals surface area contributed by atoms with Gasteiger partial charge in [0.1, 0.15) is 5.82 Å². The molecule has 3 aromatic rings. The lowest BCUT2D eigenvalue weighted by Crippen LogP contribution is -2.34. The molecular weight excluding hydrogens is 473 g/mol. The van der Waals surface area contributed by atoms with Crippen molar-refractivity contribution >= 4 is 35.1 Å². The molecule has 184 valence electrons. The van der Waals surface area contributed by atoms with E-state index in [2.05, 4.69) is 27.2 Å². The highest BCUT2D eigenvalue weighted by Gasteiger charge is 2.19. The third kappa shape index (κ3) is 6.80. The molecule has 2 heterocycles. The van der Waals surface area contributed by atoms with E-state index < -0.39 is 11.9 Å². The standard InChI is InChI=1S/C25H27ClFN5O3/c1-31-11-3-5-18(14-31)16-35-22-8-7-20(13-21(22)27)29-24-28-10-9-23(30-24)32(25(33)34)15-17-4-2-6-19(26)12-17/h2,4,6-10,12-13,18H,3,5,11,14-16H2,1H3,(H,33,34)(H,28,29,30). The molecule has 2 N–H and O–H groups in total. The Bertz CT molecular complexity index is 1180. The van der Waals surface area contributed by atoms with E-state index >= 15 is 0 Å². The van der Waals surface area contributed by atoms with Crippen LogP contribution in [0, 0.1) is 11.7 Å². The largest absolute Gasteiger partial charge is 0.490 e. The number of nitrogens with one attached hydrogen (secondary N) is 1. The third-order valence-corrected chi connectivity index (χ3v) is 6.00. The van der Waals surface area contributed by atoms with Gasteiger partial charge in [0.05, 0.1) is 13.2 Å². The van der Waals surface area contributed by atoms with Gasteiger partial charge in [-0.15, -0.1) is 0 Å². The van der Waals surface area contributed by atoms with Gasteiger partial charge in [-0.25, -0.2) is 14.2 Å². The summed E-state index contributed by atoms with van der Waals surface area (Å²) in [6, 6.07) is 13.0. The van der Waals surface area contributed by atoms with Crippen LogP contribution in [0.3, 0.4) is 0 Å². The van der Waals surface area contributed by atoms with Crippen LogP contribution >= 0.6 is 11.6 Å². The third-order valence-electron chi connectivity index (χ3n) is 5.76. The molecule has 1 aliphatic rings. The molecule has 1 aliphatic heterocycles. The molecule has 0 aliphatic carbocycles. The van der Waals surface area contributed by atoms with Gasteiger partial charge in [-0.2, -0.15) is 4.98 Å². The number of halogens is 2. The first-order valence-electron chi connectivity index (χ1n) is 11.3. The number of hydrogen-bond donors (Lipinski definition) is 2. The van der Waals surface area contributed by atoms with Crippen molar-refractivity contribution in [2.45, 2.75) is 19.4 Å². The van der Waals surface area contributed by atoms with Crippen molar-refractivity contribution in [2.75, 3.05) is 37.0 Å². The van der Waals surface area contributed by atoms with E-state index in [1.54, 1.807) is 36.4 Å². The summed E-state index contributed by atoms with van der Waals surface area (Å²) in [6.45, 7) is 2.56. The zero-order chi connectivity index (χ0) is 24.8. The van der Waals surface area contributed by atoms with Crippen LogP contribution < -0.4 is 15.0 Å². The van der Waals surface area contributed by atoms with Gasteiger partial charge in [0.15, 0.2) is 11.6 Å². The van der Waals surface area contributed by atoms with Crippen LogP contribution in [-0.4, -0.2) is 52.8 Å². The highest BCUT2D eigenvalue weighted by Crippen LogP contribution is 2.25. The van der Waals surface area contributed by atoms with Gasteiger partial charge in [0.2, 0.25) is 5.95 Å². The molecule has 1 aromatic heterocycles. The number of aromatic nitrogens is 2. The zero-order valence-electron chi connectivity index (χ0n) is 19.3. The number of hydrogen-bond acceptors (Lipinski definition) is 6.